The maximum atomic E-state index is 5.38. The zero-order valence-electron chi connectivity index (χ0n) is 29.9. The Morgan fingerprint density at radius 1 is 0.519 bits per heavy atom. The number of pyridine rings is 1. The van der Waals surface area contributed by atoms with Crippen LogP contribution in [0, 0.1) is 5.92 Å². The molecule has 0 aliphatic heterocycles. The molecule has 0 N–H and O–H groups in total. The van der Waals surface area contributed by atoms with E-state index in [1.807, 2.05) is 12.1 Å². The molecule has 4 nitrogen and oxygen atoms in total. The van der Waals surface area contributed by atoms with E-state index in [1.165, 1.54) is 33.0 Å². The molecule has 0 bridgehead atoms. The zero-order chi connectivity index (χ0) is 36.0. The third-order valence-corrected chi connectivity index (χ3v) is 10.5. The van der Waals surface area contributed by atoms with Crippen LogP contribution < -0.4 is 0 Å². The minimum Gasteiger partial charge on any atom is -0.308 e. The molecule has 0 saturated heterocycles. The fourth-order valence-electron chi connectivity index (χ4n) is 7.86. The third kappa shape index (κ3) is 5.60. The maximum absolute atomic E-state index is 5.38. The number of hydrogen-bond donors (Lipinski definition) is 0. The van der Waals surface area contributed by atoms with Crippen molar-refractivity contribution < 1.29 is 0 Å². The average Bonchev–Trinajstić information content (AvgIpc) is 3.59. The summed E-state index contributed by atoms with van der Waals surface area (Å²) >= 11 is 0. The molecule has 6 aromatic carbocycles. The first-order chi connectivity index (χ1) is 26.7. The Labute approximate surface area is 314 Å². The van der Waals surface area contributed by atoms with Crippen LogP contribution in [0.1, 0.15) is 18.2 Å². The minimum absolute atomic E-state index is 0.432. The van der Waals surface area contributed by atoms with E-state index in [0.29, 0.717) is 11.7 Å². The normalized spacial score (nSPS) is 13.7. The topological polar surface area (TPSA) is 43.6 Å². The summed E-state index contributed by atoms with van der Waals surface area (Å²) in [6, 6.07) is 59.6. The molecular weight excluding hydrogens is 657 g/mol. The van der Waals surface area contributed by atoms with Crippen LogP contribution in [0.4, 0.5) is 0 Å². The molecule has 0 spiro atoms. The van der Waals surface area contributed by atoms with E-state index in [-0.39, 0.29) is 0 Å². The van der Waals surface area contributed by atoms with Gasteiger partial charge in [0.15, 0.2) is 5.82 Å². The van der Waals surface area contributed by atoms with E-state index in [1.54, 1.807) is 0 Å². The molecule has 256 valence electrons. The van der Waals surface area contributed by atoms with Crippen molar-refractivity contribution in [1.29, 1.82) is 0 Å². The van der Waals surface area contributed by atoms with Crippen molar-refractivity contribution in [3.8, 4) is 62.0 Å². The predicted octanol–water partition coefficient (Wildman–Crippen LogP) is 12.5. The zero-order valence-corrected chi connectivity index (χ0v) is 29.9. The molecule has 0 saturated carbocycles. The van der Waals surface area contributed by atoms with E-state index in [4.69, 9.17) is 15.0 Å². The summed E-state index contributed by atoms with van der Waals surface area (Å²) in [5.74, 6) is 1.12. The van der Waals surface area contributed by atoms with E-state index in [0.717, 1.165) is 62.7 Å². The smallest absolute Gasteiger partial charge is 0.160 e. The number of rotatable bonds is 6. The summed E-state index contributed by atoms with van der Waals surface area (Å²) in [4.78, 5) is 15.7. The molecule has 1 atom stereocenters. The number of allylic oxidation sites excluding steroid dienone is 1. The first-order valence-electron chi connectivity index (χ1n) is 18.6. The van der Waals surface area contributed by atoms with Crippen molar-refractivity contribution >= 4 is 27.9 Å². The molecule has 10 rings (SSSR count). The third-order valence-electron chi connectivity index (χ3n) is 10.5. The van der Waals surface area contributed by atoms with Gasteiger partial charge in [-0.25, -0.2) is 9.97 Å². The van der Waals surface area contributed by atoms with Gasteiger partial charge in [-0.2, -0.15) is 0 Å². The van der Waals surface area contributed by atoms with Gasteiger partial charge >= 0.3 is 0 Å². The lowest BCUT2D eigenvalue weighted by atomic mass is 9.92. The standard InChI is InChI=1S/C50H36N4/c1-33-21-30-41-45(31-33)51-48(38-17-9-4-10-18-38)47-42-19-11-12-20-46(42)54(49(41)47)40-28-26-39(27-29-40)50-52-43(36-15-7-3-8-16-36)32-44(53-50)37-24-22-35(23-25-37)34-13-5-2-6-14-34/h2-30,32-33H,31H2,1H3. The molecule has 0 radical (unpaired) electrons. The quantitative estimate of drug-likeness (QED) is 0.174. The monoisotopic (exact) mass is 692 g/mol. The van der Waals surface area contributed by atoms with Gasteiger partial charge in [0, 0.05) is 44.3 Å². The second kappa shape index (κ2) is 13.3. The Balaban J connectivity index is 1.12. The van der Waals surface area contributed by atoms with Gasteiger partial charge in [0.05, 0.1) is 33.8 Å². The Morgan fingerprint density at radius 3 is 1.74 bits per heavy atom. The molecule has 1 aliphatic carbocycles. The number of hydrogen-bond acceptors (Lipinski definition) is 3. The Kier molecular flexibility index (Phi) is 7.80. The molecule has 0 fully saturated rings. The highest BCUT2D eigenvalue weighted by Gasteiger charge is 2.25. The summed E-state index contributed by atoms with van der Waals surface area (Å²) in [6.07, 6.45) is 5.52. The van der Waals surface area contributed by atoms with Crippen molar-refractivity contribution in [2.45, 2.75) is 13.3 Å². The lowest BCUT2D eigenvalue weighted by Crippen LogP contribution is -2.09. The Hall–Kier alpha value is -6.91. The van der Waals surface area contributed by atoms with Crippen molar-refractivity contribution in [2.75, 3.05) is 0 Å². The molecule has 9 aromatic rings. The summed E-state index contributed by atoms with van der Waals surface area (Å²) in [6.45, 7) is 2.27. The summed E-state index contributed by atoms with van der Waals surface area (Å²) in [5, 5.41) is 2.38. The van der Waals surface area contributed by atoms with Crippen molar-refractivity contribution in [2.24, 2.45) is 5.92 Å². The molecule has 4 heteroatoms. The molecule has 3 heterocycles. The highest BCUT2D eigenvalue weighted by molar-refractivity contribution is 6.17. The van der Waals surface area contributed by atoms with E-state index in [2.05, 4.69) is 181 Å². The lowest BCUT2D eigenvalue weighted by molar-refractivity contribution is 0.701. The van der Waals surface area contributed by atoms with Crippen LogP contribution >= 0.6 is 0 Å². The van der Waals surface area contributed by atoms with Gasteiger partial charge < -0.3 is 4.57 Å². The molecular formula is C50H36N4. The number of benzene rings is 6. The number of nitrogens with zero attached hydrogens (tertiary/aromatic N) is 4. The van der Waals surface area contributed by atoms with Crippen LogP contribution in [0.15, 0.2) is 176 Å². The molecule has 1 unspecified atom stereocenters. The number of para-hydroxylation sites is 1. The van der Waals surface area contributed by atoms with Crippen LogP contribution in [0.5, 0.6) is 0 Å². The van der Waals surface area contributed by atoms with Crippen LogP contribution in [-0.2, 0) is 6.42 Å². The number of fused-ring (bicyclic) bond motifs is 5. The first-order valence-corrected chi connectivity index (χ1v) is 18.6. The largest absolute Gasteiger partial charge is 0.308 e. The van der Waals surface area contributed by atoms with Gasteiger partial charge in [-0.05, 0) is 59.9 Å². The van der Waals surface area contributed by atoms with Crippen molar-refractivity contribution in [3.05, 3.63) is 187 Å². The van der Waals surface area contributed by atoms with Crippen molar-refractivity contribution in [1.82, 2.24) is 19.5 Å². The summed E-state index contributed by atoms with van der Waals surface area (Å²) < 4.78 is 2.42. The highest BCUT2D eigenvalue weighted by Crippen LogP contribution is 2.42. The van der Waals surface area contributed by atoms with E-state index < -0.39 is 0 Å². The molecule has 3 aromatic heterocycles. The highest BCUT2D eigenvalue weighted by atomic mass is 15.0. The molecule has 54 heavy (non-hydrogen) atoms. The van der Waals surface area contributed by atoms with Crippen LogP contribution in [0.25, 0.3) is 89.9 Å². The predicted molar refractivity (Wildman–Crippen MR) is 223 cm³/mol. The van der Waals surface area contributed by atoms with Gasteiger partial charge in [0.1, 0.15) is 0 Å². The second-order valence-electron chi connectivity index (χ2n) is 14.1. The van der Waals surface area contributed by atoms with Gasteiger partial charge in [-0.15, -0.1) is 0 Å². The molecule has 1 aliphatic rings. The summed E-state index contributed by atoms with van der Waals surface area (Å²) in [7, 11) is 0. The minimum atomic E-state index is 0.432. The van der Waals surface area contributed by atoms with Gasteiger partial charge in [-0.3, -0.25) is 4.98 Å². The van der Waals surface area contributed by atoms with Gasteiger partial charge in [0.2, 0.25) is 0 Å². The van der Waals surface area contributed by atoms with E-state index >= 15 is 0 Å². The maximum Gasteiger partial charge on any atom is 0.160 e. The second-order valence-corrected chi connectivity index (χ2v) is 14.1. The summed E-state index contributed by atoms with van der Waals surface area (Å²) in [5.41, 5.74) is 15.2. The fourth-order valence-corrected chi connectivity index (χ4v) is 7.86. The van der Waals surface area contributed by atoms with E-state index in [9.17, 15) is 0 Å². The average molecular weight is 693 g/mol. The Morgan fingerprint density at radius 2 is 1.06 bits per heavy atom. The van der Waals surface area contributed by atoms with Crippen LogP contribution in [0.3, 0.4) is 0 Å². The fraction of sp³-hybridized carbons (Fsp3) is 0.0600. The SMILES string of the molecule is CC1C=Cc2c(nc(-c3ccccc3)c3c4ccccc4n(-c4ccc(-c5nc(-c6ccccc6)cc(-c6ccc(-c7ccccc7)cc6)n5)cc4)c23)C1. The van der Waals surface area contributed by atoms with Crippen LogP contribution in [0.2, 0.25) is 0 Å². The van der Waals surface area contributed by atoms with Crippen molar-refractivity contribution in [3.63, 3.8) is 0 Å². The Bertz CT molecular complexity index is 2820. The lowest BCUT2D eigenvalue weighted by Gasteiger charge is -2.20. The van der Waals surface area contributed by atoms with Gasteiger partial charge in [-0.1, -0.05) is 153 Å². The van der Waals surface area contributed by atoms with Crippen LogP contribution in [-0.4, -0.2) is 19.5 Å². The molecule has 0 amide bonds. The van der Waals surface area contributed by atoms with Gasteiger partial charge in [0.25, 0.3) is 0 Å². The first kappa shape index (κ1) is 31.8. The number of aromatic nitrogens is 4.